The SMILES string of the molecule is Cc1cc(Cl)ccc1Oc1ccc(C(N)=NO)c(Cl)c1. The summed E-state index contributed by atoms with van der Waals surface area (Å²) in [6.07, 6.45) is 0. The Labute approximate surface area is 126 Å². The molecule has 0 aliphatic rings. The molecule has 0 spiro atoms. The lowest BCUT2D eigenvalue weighted by atomic mass is 10.2. The molecule has 0 heterocycles. The average Bonchev–Trinajstić information content (AvgIpc) is 2.41. The number of halogens is 2. The van der Waals surface area contributed by atoms with Gasteiger partial charge in [0.1, 0.15) is 11.5 Å². The maximum atomic E-state index is 8.64. The van der Waals surface area contributed by atoms with Crippen LogP contribution in [0, 0.1) is 6.92 Å². The first-order chi connectivity index (χ1) is 9.51. The van der Waals surface area contributed by atoms with Gasteiger partial charge in [-0.05, 0) is 42.8 Å². The van der Waals surface area contributed by atoms with Crippen LogP contribution in [0.4, 0.5) is 0 Å². The van der Waals surface area contributed by atoms with Crippen molar-refractivity contribution >= 4 is 29.0 Å². The van der Waals surface area contributed by atoms with E-state index in [1.807, 2.05) is 13.0 Å². The molecule has 0 aliphatic heterocycles. The molecule has 2 rings (SSSR count). The predicted molar refractivity (Wildman–Crippen MR) is 80.2 cm³/mol. The molecule has 0 aliphatic carbocycles. The molecule has 20 heavy (non-hydrogen) atoms. The van der Waals surface area contributed by atoms with E-state index in [0.717, 1.165) is 5.56 Å². The third-order valence-electron chi connectivity index (χ3n) is 2.69. The number of hydrogen-bond acceptors (Lipinski definition) is 3. The zero-order valence-electron chi connectivity index (χ0n) is 10.6. The Morgan fingerprint density at radius 2 is 1.95 bits per heavy atom. The van der Waals surface area contributed by atoms with Crippen LogP contribution in [0.25, 0.3) is 0 Å². The lowest BCUT2D eigenvalue weighted by molar-refractivity contribution is 0.318. The van der Waals surface area contributed by atoms with Crippen LogP contribution in [0.2, 0.25) is 10.0 Å². The summed E-state index contributed by atoms with van der Waals surface area (Å²) in [6.45, 7) is 1.90. The van der Waals surface area contributed by atoms with Crippen LogP contribution in [-0.4, -0.2) is 11.0 Å². The second-order valence-corrected chi connectivity index (χ2v) is 4.98. The van der Waals surface area contributed by atoms with E-state index in [2.05, 4.69) is 5.16 Å². The van der Waals surface area contributed by atoms with Crippen LogP contribution in [-0.2, 0) is 0 Å². The highest BCUT2D eigenvalue weighted by Gasteiger charge is 2.08. The van der Waals surface area contributed by atoms with Crippen molar-refractivity contribution in [1.29, 1.82) is 0 Å². The van der Waals surface area contributed by atoms with Gasteiger partial charge in [-0.1, -0.05) is 28.4 Å². The van der Waals surface area contributed by atoms with Gasteiger partial charge in [-0.3, -0.25) is 0 Å². The van der Waals surface area contributed by atoms with E-state index < -0.39 is 0 Å². The fraction of sp³-hybridized carbons (Fsp3) is 0.0714. The molecule has 4 nitrogen and oxygen atoms in total. The van der Waals surface area contributed by atoms with Crippen LogP contribution in [0.5, 0.6) is 11.5 Å². The Hall–Kier alpha value is -1.91. The van der Waals surface area contributed by atoms with Crippen molar-refractivity contribution in [3.8, 4) is 11.5 Å². The molecule has 2 aromatic carbocycles. The quantitative estimate of drug-likeness (QED) is 0.386. The molecule has 0 saturated carbocycles. The van der Waals surface area contributed by atoms with Crippen molar-refractivity contribution in [2.75, 3.05) is 0 Å². The zero-order valence-corrected chi connectivity index (χ0v) is 12.1. The first kappa shape index (κ1) is 14.5. The average molecular weight is 311 g/mol. The minimum Gasteiger partial charge on any atom is -0.457 e. The lowest BCUT2D eigenvalue weighted by Gasteiger charge is -2.10. The number of benzene rings is 2. The Morgan fingerprint density at radius 3 is 2.55 bits per heavy atom. The summed E-state index contributed by atoms with van der Waals surface area (Å²) >= 11 is 12.0. The van der Waals surface area contributed by atoms with Crippen molar-refractivity contribution in [2.45, 2.75) is 6.92 Å². The number of amidine groups is 1. The molecule has 0 amide bonds. The molecule has 3 N–H and O–H groups in total. The zero-order chi connectivity index (χ0) is 14.7. The number of oxime groups is 1. The van der Waals surface area contributed by atoms with E-state index in [0.29, 0.717) is 27.1 Å². The fourth-order valence-electron chi connectivity index (χ4n) is 1.68. The van der Waals surface area contributed by atoms with Gasteiger partial charge in [0.2, 0.25) is 0 Å². The summed E-state index contributed by atoms with van der Waals surface area (Å²) < 4.78 is 5.73. The molecule has 0 radical (unpaired) electrons. The molecule has 0 unspecified atom stereocenters. The number of rotatable bonds is 3. The summed E-state index contributed by atoms with van der Waals surface area (Å²) in [5.41, 5.74) is 6.85. The maximum Gasteiger partial charge on any atom is 0.171 e. The second kappa shape index (κ2) is 6.03. The van der Waals surface area contributed by atoms with E-state index in [9.17, 15) is 0 Å². The fourth-order valence-corrected chi connectivity index (χ4v) is 2.17. The van der Waals surface area contributed by atoms with Gasteiger partial charge in [0.05, 0.1) is 5.02 Å². The predicted octanol–water partition coefficient (Wildman–Crippen LogP) is 4.19. The standard InChI is InChI=1S/C14H12Cl2N2O2/c1-8-6-9(15)2-5-13(8)20-10-3-4-11(12(16)7-10)14(17)18-19/h2-7,19H,1H3,(H2,17,18). The van der Waals surface area contributed by atoms with Gasteiger partial charge < -0.3 is 15.7 Å². The van der Waals surface area contributed by atoms with Gasteiger partial charge >= 0.3 is 0 Å². The van der Waals surface area contributed by atoms with E-state index in [4.69, 9.17) is 38.9 Å². The highest BCUT2D eigenvalue weighted by atomic mass is 35.5. The summed E-state index contributed by atoms with van der Waals surface area (Å²) in [4.78, 5) is 0. The van der Waals surface area contributed by atoms with Crippen LogP contribution >= 0.6 is 23.2 Å². The lowest BCUT2D eigenvalue weighted by Crippen LogP contribution is -2.13. The van der Waals surface area contributed by atoms with Gasteiger partial charge in [-0.2, -0.15) is 0 Å². The normalized spacial score (nSPS) is 11.4. The topological polar surface area (TPSA) is 67.8 Å². The molecule has 0 fully saturated rings. The Morgan fingerprint density at radius 1 is 1.20 bits per heavy atom. The number of nitrogens with two attached hydrogens (primary N) is 1. The van der Waals surface area contributed by atoms with Crippen LogP contribution in [0.15, 0.2) is 41.6 Å². The highest BCUT2D eigenvalue weighted by molar-refractivity contribution is 6.34. The minimum absolute atomic E-state index is 0.0516. The third kappa shape index (κ3) is 3.15. The van der Waals surface area contributed by atoms with Gasteiger partial charge in [0.25, 0.3) is 0 Å². The van der Waals surface area contributed by atoms with Crippen LogP contribution < -0.4 is 10.5 Å². The van der Waals surface area contributed by atoms with Gasteiger partial charge in [-0.15, -0.1) is 0 Å². The summed E-state index contributed by atoms with van der Waals surface area (Å²) in [7, 11) is 0. The molecule has 104 valence electrons. The van der Waals surface area contributed by atoms with E-state index in [1.165, 1.54) is 0 Å². The van der Waals surface area contributed by atoms with Crippen molar-refractivity contribution in [2.24, 2.45) is 10.9 Å². The number of aryl methyl sites for hydroxylation is 1. The first-order valence-corrected chi connectivity index (χ1v) is 6.48. The smallest absolute Gasteiger partial charge is 0.171 e. The molecular formula is C14H12Cl2N2O2. The third-order valence-corrected chi connectivity index (χ3v) is 3.24. The van der Waals surface area contributed by atoms with Crippen LogP contribution in [0.3, 0.4) is 0 Å². The minimum atomic E-state index is -0.0516. The highest BCUT2D eigenvalue weighted by Crippen LogP contribution is 2.30. The van der Waals surface area contributed by atoms with Gasteiger partial charge in [-0.25, -0.2) is 0 Å². The van der Waals surface area contributed by atoms with Gasteiger partial charge in [0.15, 0.2) is 5.84 Å². The molecule has 0 bridgehead atoms. The van der Waals surface area contributed by atoms with E-state index in [1.54, 1.807) is 30.3 Å². The molecule has 0 saturated heterocycles. The second-order valence-electron chi connectivity index (χ2n) is 4.14. The number of hydrogen-bond donors (Lipinski definition) is 2. The molecule has 6 heteroatoms. The van der Waals surface area contributed by atoms with Crippen molar-refractivity contribution in [3.05, 3.63) is 57.6 Å². The molecule has 0 atom stereocenters. The summed E-state index contributed by atoms with van der Waals surface area (Å²) in [5.74, 6) is 1.18. The van der Waals surface area contributed by atoms with Crippen molar-refractivity contribution in [1.82, 2.24) is 0 Å². The summed E-state index contributed by atoms with van der Waals surface area (Å²) in [6, 6.07) is 10.2. The van der Waals surface area contributed by atoms with Gasteiger partial charge in [0, 0.05) is 16.7 Å². The molecule has 2 aromatic rings. The maximum absolute atomic E-state index is 8.64. The van der Waals surface area contributed by atoms with Crippen LogP contribution in [0.1, 0.15) is 11.1 Å². The summed E-state index contributed by atoms with van der Waals surface area (Å²) in [5, 5.41) is 12.5. The molecular weight excluding hydrogens is 299 g/mol. The van der Waals surface area contributed by atoms with E-state index in [-0.39, 0.29) is 5.84 Å². The van der Waals surface area contributed by atoms with Crippen molar-refractivity contribution in [3.63, 3.8) is 0 Å². The Kier molecular flexibility index (Phi) is 4.37. The van der Waals surface area contributed by atoms with E-state index >= 15 is 0 Å². The first-order valence-electron chi connectivity index (χ1n) is 5.72. The molecule has 0 aromatic heterocycles. The largest absolute Gasteiger partial charge is 0.457 e. The van der Waals surface area contributed by atoms with Crippen molar-refractivity contribution < 1.29 is 9.94 Å². The number of nitrogens with zero attached hydrogens (tertiary/aromatic N) is 1. The number of ether oxygens (including phenoxy) is 1. The Bertz CT molecular complexity index is 672. The Balaban J connectivity index is 2.29. The monoisotopic (exact) mass is 310 g/mol.